The van der Waals surface area contributed by atoms with Gasteiger partial charge in [0.2, 0.25) is 0 Å². The summed E-state index contributed by atoms with van der Waals surface area (Å²) in [6.45, 7) is 6.17. The Labute approximate surface area is 74.1 Å². The molecule has 0 aliphatic carbocycles. The first kappa shape index (κ1) is 9.17. The summed E-state index contributed by atoms with van der Waals surface area (Å²) in [7, 11) is 0. The quantitative estimate of drug-likeness (QED) is 0.568. The SMILES string of the molecule is CC(C)CCN=CC1=NCC=C1. The van der Waals surface area contributed by atoms with Gasteiger partial charge in [-0.2, -0.15) is 0 Å². The fraction of sp³-hybridized carbons (Fsp3) is 0.600. The Kier molecular flexibility index (Phi) is 3.71. The molecular weight excluding hydrogens is 148 g/mol. The summed E-state index contributed by atoms with van der Waals surface area (Å²) in [6.07, 6.45) is 7.09. The van der Waals surface area contributed by atoms with Crippen LogP contribution in [-0.2, 0) is 0 Å². The van der Waals surface area contributed by atoms with E-state index in [9.17, 15) is 0 Å². The number of hydrogen-bond donors (Lipinski definition) is 0. The summed E-state index contributed by atoms with van der Waals surface area (Å²) >= 11 is 0. The Hall–Kier alpha value is -0.920. The van der Waals surface area contributed by atoms with Crippen molar-refractivity contribution in [2.24, 2.45) is 15.9 Å². The third kappa shape index (κ3) is 3.46. The summed E-state index contributed by atoms with van der Waals surface area (Å²) in [4.78, 5) is 8.50. The van der Waals surface area contributed by atoms with E-state index in [1.165, 1.54) is 0 Å². The molecule has 0 unspecified atom stereocenters. The molecule has 1 aliphatic heterocycles. The van der Waals surface area contributed by atoms with Crippen molar-refractivity contribution >= 4 is 11.9 Å². The van der Waals surface area contributed by atoms with Crippen molar-refractivity contribution in [2.75, 3.05) is 13.1 Å². The van der Waals surface area contributed by atoms with Gasteiger partial charge in [-0.15, -0.1) is 0 Å². The van der Waals surface area contributed by atoms with Crippen molar-refractivity contribution in [3.05, 3.63) is 12.2 Å². The van der Waals surface area contributed by atoms with E-state index in [0.29, 0.717) is 0 Å². The molecule has 0 saturated heterocycles. The molecule has 2 nitrogen and oxygen atoms in total. The standard InChI is InChI=1S/C10H16N2/c1-9(2)5-7-11-8-10-4-3-6-12-10/h3-4,8-9H,5-7H2,1-2H3. The van der Waals surface area contributed by atoms with Gasteiger partial charge in [-0.3, -0.25) is 9.98 Å². The molecule has 0 fully saturated rings. The van der Waals surface area contributed by atoms with Crippen molar-refractivity contribution in [1.29, 1.82) is 0 Å². The largest absolute Gasteiger partial charge is 0.291 e. The maximum absolute atomic E-state index is 4.29. The lowest BCUT2D eigenvalue weighted by Gasteiger charge is -1.98. The Morgan fingerprint density at radius 3 is 3.08 bits per heavy atom. The van der Waals surface area contributed by atoms with Crippen molar-refractivity contribution in [2.45, 2.75) is 20.3 Å². The first-order valence-corrected chi connectivity index (χ1v) is 4.50. The molecule has 1 heterocycles. The summed E-state index contributed by atoms with van der Waals surface area (Å²) in [6, 6.07) is 0. The number of rotatable bonds is 4. The molecule has 2 heteroatoms. The predicted octanol–water partition coefficient (Wildman–Crippen LogP) is 2.11. The maximum Gasteiger partial charge on any atom is 0.0753 e. The van der Waals surface area contributed by atoms with Crippen molar-refractivity contribution < 1.29 is 0 Å². The monoisotopic (exact) mass is 164 g/mol. The highest BCUT2D eigenvalue weighted by molar-refractivity contribution is 6.36. The molecule has 0 N–H and O–H groups in total. The van der Waals surface area contributed by atoms with Crippen LogP contribution in [0.4, 0.5) is 0 Å². The lowest BCUT2D eigenvalue weighted by molar-refractivity contribution is 0.598. The van der Waals surface area contributed by atoms with Crippen LogP contribution in [0.25, 0.3) is 0 Å². The smallest absolute Gasteiger partial charge is 0.0753 e. The van der Waals surface area contributed by atoms with E-state index in [2.05, 4.69) is 23.8 Å². The predicted molar refractivity (Wildman–Crippen MR) is 54.3 cm³/mol. The van der Waals surface area contributed by atoms with Gasteiger partial charge in [-0.25, -0.2) is 0 Å². The fourth-order valence-electron chi connectivity index (χ4n) is 0.959. The van der Waals surface area contributed by atoms with Gasteiger partial charge < -0.3 is 0 Å². The third-order valence-electron chi connectivity index (χ3n) is 1.73. The van der Waals surface area contributed by atoms with E-state index in [0.717, 1.165) is 31.1 Å². The highest BCUT2D eigenvalue weighted by atomic mass is 14.8. The number of aliphatic imine (C=N–C) groups is 2. The number of hydrogen-bond acceptors (Lipinski definition) is 2. The van der Waals surface area contributed by atoms with Gasteiger partial charge in [0, 0.05) is 12.8 Å². The minimum atomic E-state index is 0.739. The average Bonchev–Trinajstić information content (AvgIpc) is 2.49. The molecular formula is C10H16N2. The van der Waals surface area contributed by atoms with Gasteiger partial charge in [0.05, 0.1) is 12.3 Å². The average molecular weight is 164 g/mol. The van der Waals surface area contributed by atoms with E-state index in [-0.39, 0.29) is 0 Å². The van der Waals surface area contributed by atoms with E-state index in [1.54, 1.807) is 0 Å². The van der Waals surface area contributed by atoms with Gasteiger partial charge >= 0.3 is 0 Å². The first-order chi connectivity index (χ1) is 5.79. The van der Waals surface area contributed by atoms with Gasteiger partial charge in [0.15, 0.2) is 0 Å². The van der Waals surface area contributed by atoms with Crippen LogP contribution in [0.3, 0.4) is 0 Å². The second-order valence-electron chi connectivity index (χ2n) is 3.39. The van der Waals surface area contributed by atoms with E-state index in [4.69, 9.17) is 0 Å². The van der Waals surface area contributed by atoms with Crippen LogP contribution < -0.4 is 0 Å². The fourth-order valence-corrected chi connectivity index (χ4v) is 0.959. The Morgan fingerprint density at radius 1 is 1.67 bits per heavy atom. The van der Waals surface area contributed by atoms with Crippen molar-refractivity contribution in [3.63, 3.8) is 0 Å². The van der Waals surface area contributed by atoms with Gasteiger partial charge in [-0.1, -0.05) is 19.9 Å². The highest BCUT2D eigenvalue weighted by Crippen LogP contribution is 1.98. The van der Waals surface area contributed by atoms with Crippen LogP contribution in [-0.4, -0.2) is 25.0 Å². The first-order valence-electron chi connectivity index (χ1n) is 4.50. The lowest BCUT2D eigenvalue weighted by Crippen LogP contribution is -1.95. The zero-order valence-corrected chi connectivity index (χ0v) is 7.83. The molecule has 0 radical (unpaired) electrons. The molecule has 0 aromatic rings. The Morgan fingerprint density at radius 2 is 2.50 bits per heavy atom. The Balaban J connectivity index is 2.17. The molecule has 0 saturated carbocycles. The van der Waals surface area contributed by atoms with Crippen LogP contribution >= 0.6 is 0 Å². The van der Waals surface area contributed by atoms with Crippen LogP contribution in [0.15, 0.2) is 22.1 Å². The zero-order valence-electron chi connectivity index (χ0n) is 7.83. The minimum absolute atomic E-state index is 0.739. The summed E-state index contributed by atoms with van der Waals surface area (Å²) < 4.78 is 0. The molecule has 12 heavy (non-hydrogen) atoms. The van der Waals surface area contributed by atoms with Crippen LogP contribution in [0.5, 0.6) is 0 Å². The number of nitrogens with zero attached hydrogens (tertiary/aromatic N) is 2. The second kappa shape index (κ2) is 4.86. The molecule has 1 aliphatic rings. The normalized spacial score (nSPS) is 16.4. The summed E-state index contributed by atoms with van der Waals surface area (Å²) in [5, 5.41) is 0. The van der Waals surface area contributed by atoms with E-state index in [1.807, 2.05) is 18.4 Å². The molecule has 0 bridgehead atoms. The van der Waals surface area contributed by atoms with E-state index < -0.39 is 0 Å². The van der Waals surface area contributed by atoms with Crippen LogP contribution in [0.1, 0.15) is 20.3 Å². The van der Waals surface area contributed by atoms with Crippen molar-refractivity contribution in [3.8, 4) is 0 Å². The molecule has 1 rings (SSSR count). The maximum atomic E-state index is 4.29. The summed E-state index contributed by atoms with van der Waals surface area (Å²) in [5.41, 5.74) is 1.01. The van der Waals surface area contributed by atoms with Crippen molar-refractivity contribution in [1.82, 2.24) is 0 Å². The lowest BCUT2D eigenvalue weighted by atomic mass is 10.1. The van der Waals surface area contributed by atoms with Gasteiger partial charge in [0.25, 0.3) is 0 Å². The molecule has 0 amide bonds. The van der Waals surface area contributed by atoms with Crippen LogP contribution in [0, 0.1) is 5.92 Å². The Bertz CT molecular complexity index is 212. The summed E-state index contributed by atoms with van der Waals surface area (Å²) in [5.74, 6) is 0.739. The third-order valence-corrected chi connectivity index (χ3v) is 1.73. The van der Waals surface area contributed by atoms with Gasteiger partial charge in [0.1, 0.15) is 0 Å². The molecule has 0 aromatic heterocycles. The molecule has 0 spiro atoms. The number of allylic oxidation sites excluding steroid dienone is 1. The highest BCUT2D eigenvalue weighted by Gasteiger charge is 1.94. The topological polar surface area (TPSA) is 24.7 Å². The minimum Gasteiger partial charge on any atom is -0.291 e. The van der Waals surface area contributed by atoms with Crippen LogP contribution in [0.2, 0.25) is 0 Å². The van der Waals surface area contributed by atoms with E-state index >= 15 is 0 Å². The molecule has 0 atom stereocenters. The zero-order chi connectivity index (χ0) is 8.81. The van der Waals surface area contributed by atoms with Gasteiger partial charge in [-0.05, 0) is 18.4 Å². The second-order valence-corrected chi connectivity index (χ2v) is 3.39. The molecule has 0 aromatic carbocycles. The molecule has 66 valence electrons.